The molecule has 2 heterocycles. The second-order valence-electron chi connectivity index (χ2n) is 7.66. The van der Waals surface area contributed by atoms with Gasteiger partial charge in [0.1, 0.15) is 6.04 Å². The van der Waals surface area contributed by atoms with Crippen LogP contribution in [-0.2, 0) is 11.2 Å². The molecule has 1 aromatic heterocycles. The smallest absolute Gasteiger partial charge is 0.279 e. The lowest BCUT2D eigenvalue weighted by Crippen LogP contribution is -3.14. The number of fused-ring (bicyclic) bond motifs is 1. The molecular formula is C23H28N3OS+. The molecule has 1 aliphatic rings. The van der Waals surface area contributed by atoms with Crippen molar-refractivity contribution in [2.24, 2.45) is 0 Å². The van der Waals surface area contributed by atoms with Gasteiger partial charge in [-0.15, -0.1) is 11.3 Å². The lowest BCUT2D eigenvalue weighted by atomic mass is 10.0. The van der Waals surface area contributed by atoms with Crippen molar-refractivity contribution in [1.82, 2.24) is 4.98 Å². The highest BCUT2D eigenvalue weighted by molar-refractivity contribution is 7.18. The molecule has 2 aromatic carbocycles. The number of quaternary nitrogens is 1. The normalized spacial score (nSPS) is 19.6. The standard InChI is InChI=1S/C23H27N3OS/c1-3-17-10-8-9-16(2)22(17)25-21(27)15-26-14-7-6-12-19(26)23-24-18-11-4-5-13-20(18)28-23/h4-5,8-11,13,19H,3,6-7,12,14-15H2,1-2H3,(H,25,27)/p+1/t19-/m0/s1. The topological polar surface area (TPSA) is 46.4 Å². The van der Waals surface area contributed by atoms with Crippen molar-refractivity contribution in [3.8, 4) is 0 Å². The lowest BCUT2D eigenvalue weighted by molar-refractivity contribution is -0.929. The Hall–Kier alpha value is -2.24. The van der Waals surface area contributed by atoms with E-state index in [1.165, 1.54) is 33.0 Å². The van der Waals surface area contributed by atoms with Crippen LogP contribution in [0.25, 0.3) is 10.2 Å². The number of hydrogen-bond donors (Lipinski definition) is 2. The van der Waals surface area contributed by atoms with Gasteiger partial charge in [0.2, 0.25) is 0 Å². The van der Waals surface area contributed by atoms with Crippen LogP contribution in [0.1, 0.15) is 48.4 Å². The van der Waals surface area contributed by atoms with E-state index in [4.69, 9.17) is 4.98 Å². The van der Waals surface area contributed by atoms with E-state index in [9.17, 15) is 4.79 Å². The van der Waals surface area contributed by atoms with Gasteiger partial charge in [-0.2, -0.15) is 0 Å². The van der Waals surface area contributed by atoms with Crippen molar-refractivity contribution < 1.29 is 9.69 Å². The molecule has 28 heavy (non-hydrogen) atoms. The van der Waals surface area contributed by atoms with Gasteiger partial charge in [-0.25, -0.2) is 4.98 Å². The summed E-state index contributed by atoms with van der Waals surface area (Å²) in [6.07, 6.45) is 4.41. The number of thiazole rings is 1. The third-order valence-corrected chi connectivity index (χ3v) is 6.88. The number of para-hydroxylation sites is 2. The molecule has 1 fully saturated rings. The van der Waals surface area contributed by atoms with Crippen LogP contribution in [0.5, 0.6) is 0 Å². The maximum Gasteiger partial charge on any atom is 0.279 e. The number of hydrogen-bond acceptors (Lipinski definition) is 3. The number of carbonyl (C=O) groups is 1. The first-order chi connectivity index (χ1) is 13.7. The molecule has 3 aromatic rings. The molecule has 1 saturated heterocycles. The second-order valence-corrected chi connectivity index (χ2v) is 8.73. The van der Waals surface area contributed by atoms with Crippen LogP contribution >= 0.6 is 11.3 Å². The minimum absolute atomic E-state index is 0.104. The highest BCUT2D eigenvalue weighted by Crippen LogP contribution is 2.28. The van der Waals surface area contributed by atoms with Gasteiger partial charge in [-0.1, -0.05) is 37.3 Å². The molecule has 0 aliphatic carbocycles. The molecule has 0 spiro atoms. The molecule has 2 N–H and O–H groups in total. The third-order valence-electron chi connectivity index (χ3n) is 5.73. The van der Waals surface area contributed by atoms with Gasteiger partial charge in [-0.05, 0) is 49.4 Å². The molecular weight excluding hydrogens is 366 g/mol. The average molecular weight is 395 g/mol. The highest BCUT2D eigenvalue weighted by atomic mass is 32.1. The lowest BCUT2D eigenvalue weighted by Gasteiger charge is -2.31. The number of anilines is 1. The van der Waals surface area contributed by atoms with E-state index in [-0.39, 0.29) is 5.91 Å². The first-order valence-corrected chi connectivity index (χ1v) is 11.1. The van der Waals surface area contributed by atoms with Gasteiger partial charge >= 0.3 is 0 Å². The highest BCUT2D eigenvalue weighted by Gasteiger charge is 2.32. The average Bonchev–Trinajstić information content (AvgIpc) is 3.14. The fourth-order valence-corrected chi connectivity index (χ4v) is 5.38. The zero-order valence-electron chi connectivity index (χ0n) is 16.6. The summed E-state index contributed by atoms with van der Waals surface area (Å²) < 4.78 is 1.24. The number of amides is 1. The zero-order chi connectivity index (χ0) is 19.5. The summed E-state index contributed by atoms with van der Waals surface area (Å²) in [4.78, 5) is 19.1. The van der Waals surface area contributed by atoms with E-state index in [1.807, 2.05) is 6.07 Å². The molecule has 146 valence electrons. The fraction of sp³-hybridized carbons (Fsp3) is 0.391. The summed E-state index contributed by atoms with van der Waals surface area (Å²) in [6.45, 7) is 5.72. The van der Waals surface area contributed by atoms with Gasteiger partial charge in [-0.3, -0.25) is 4.79 Å². The quantitative estimate of drug-likeness (QED) is 0.689. The Morgan fingerprint density at radius 2 is 2.07 bits per heavy atom. The van der Waals surface area contributed by atoms with Crippen molar-refractivity contribution in [2.45, 2.75) is 45.6 Å². The maximum absolute atomic E-state index is 12.9. The number of nitrogens with zero attached hydrogens (tertiary/aromatic N) is 1. The monoisotopic (exact) mass is 394 g/mol. The molecule has 0 bridgehead atoms. The Labute approximate surface area is 170 Å². The molecule has 4 rings (SSSR count). The van der Waals surface area contributed by atoms with Crippen LogP contribution in [0.15, 0.2) is 42.5 Å². The fourth-order valence-electron chi connectivity index (χ4n) is 4.22. The number of carbonyl (C=O) groups excluding carboxylic acids is 1. The van der Waals surface area contributed by atoms with Crippen molar-refractivity contribution in [3.63, 3.8) is 0 Å². The summed E-state index contributed by atoms with van der Waals surface area (Å²) >= 11 is 1.78. The van der Waals surface area contributed by atoms with E-state index >= 15 is 0 Å². The SMILES string of the molecule is CCc1cccc(C)c1NC(=O)C[NH+]1CCCC[C@H]1c1nc2ccccc2s1. The van der Waals surface area contributed by atoms with Gasteiger partial charge in [0, 0.05) is 12.1 Å². The third kappa shape index (κ3) is 3.96. The molecule has 1 aliphatic heterocycles. The largest absolute Gasteiger partial charge is 0.321 e. The van der Waals surface area contributed by atoms with Crippen LogP contribution in [0.2, 0.25) is 0 Å². The van der Waals surface area contributed by atoms with Gasteiger partial charge < -0.3 is 10.2 Å². The molecule has 0 radical (unpaired) electrons. The number of nitrogens with one attached hydrogen (secondary N) is 2. The molecule has 2 atom stereocenters. The predicted molar refractivity (Wildman–Crippen MR) is 116 cm³/mol. The first kappa shape index (κ1) is 19.1. The second kappa shape index (κ2) is 8.41. The van der Waals surface area contributed by atoms with Gasteiger partial charge in [0.05, 0.1) is 16.8 Å². The van der Waals surface area contributed by atoms with E-state index in [0.29, 0.717) is 12.6 Å². The molecule has 1 amide bonds. The van der Waals surface area contributed by atoms with E-state index in [0.717, 1.165) is 36.2 Å². The van der Waals surface area contributed by atoms with Crippen molar-refractivity contribution >= 4 is 33.1 Å². The van der Waals surface area contributed by atoms with Crippen LogP contribution in [0, 0.1) is 6.92 Å². The number of likely N-dealkylation sites (tertiary alicyclic amines) is 1. The minimum atomic E-state index is 0.104. The number of piperidine rings is 1. The summed E-state index contributed by atoms with van der Waals surface area (Å²) in [7, 11) is 0. The Bertz CT molecular complexity index is 948. The Balaban J connectivity index is 1.51. The minimum Gasteiger partial charge on any atom is -0.321 e. The zero-order valence-corrected chi connectivity index (χ0v) is 17.4. The number of rotatable bonds is 5. The number of aromatic nitrogens is 1. The first-order valence-electron chi connectivity index (χ1n) is 10.2. The van der Waals surface area contributed by atoms with Crippen LogP contribution in [0.3, 0.4) is 0 Å². The number of benzene rings is 2. The van der Waals surface area contributed by atoms with Crippen molar-refractivity contribution in [3.05, 3.63) is 58.6 Å². The molecule has 5 heteroatoms. The van der Waals surface area contributed by atoms with Crippen LogP contribution in [-0.4, -0.2) is 24.0 Å². The predicted octanol–water partition coefficient (Wildman–Crippen LogP) is 3.92. The van der Waals surface area contributed by atoms with E-state index in [1.54, 1.807) is 11.3 Å². The molecule has 0 saturated carbocycles. The Morgan fingerprint density at radius 1 is 1.21 bits per heavy atom. The van der Waals surface area contributed by atoms with Crippen molar-refractivity contribution in [2.75, 3.05) is 18.4 Å². The number of aryl methyl sites for hydroxylation is 2. The Morgan fingerprint density at radius 3 is 2.89 bits per heavy atom. The van der Waals surface area contributed by atoms with Gasteiger partial charge in [0.25, 0.3) is 5.91 Å². The summed E-state index contributed by atoms with van der Waals surface area (Å²) in [5.41, 5.74) is 4.39. The van der Waals surface area contributed by atoms with Crippen molar-refractivity contribution in [1.29, 1.82) is 0 Å². The summed E-state index contributed by atoms with van der Waals surface area (Å²) in [5.74, 6) is 0.104. The summed E-state index contributed by atoms with van der Waals surface area (Å²) in [5, 5.41) is 4.37. The summed E-state index contributed by atoms with van der Waals surface area (Å²) in [6, 6.07) is 14.9. The van der Waals surface area contributed by atoms with Crippen LogP contribution in [0.4, 0.5) is 5.69 Å². The maximum atomic E-state index is 12.9. The molecule has 4 nitrogen and oxygen atoms in total. The molecule has 1 unspecified atom stereocenters. The van der Waals surface area contributed by atoms with Gasteiger partial charge in [0.15, 0.2) is 11.6 Å². The van der Waals surface area contributed by atoms with E-state index < -0.39 is 0 Å². The van der Waals surface area contributed by atoms with Crippen LogP contribution < -0.4 is 10.2 Å². The Kier molecular flexibility index (Phi) is 5.74. The van der Waals surface area contributed by atoms with E-state index in [2.05, 4.69) is 55.6 Å².